The molecule has 0 aliphatic rings. The molecule has 0 unspecified atom stereocenters. The van der Waals surface area contributed by atoms with Gasteiger partial charge in [-0.2, -0.15) is 0 Å². The first-order valence-corrected chi connectivity index (χ1v) is 8.68. The third kappa shape index (κ3) is 5.35. The van der Waals surface area contributed by atoms with Crippen LogP contribution >= 0.6 is 0 Å². The van der Waals surface area contributed by atoms with Gasteiger partial charge in [0.2, 0.25) is 0 Å². The van der Waals surface area contributed by atoms with Gasteiger partial charge in [-0.05, 0) is 31.0 Å². The van der Waals surface area contributed by atoms with Crippen LogP contribution in [0.2, 0.25) is 0 Å². The number of aliphatic hydroxyl groups is 1. The number of nitrogens with zero attached hydrogens (tertiary/aromatic N) is 1. The molecule has 1 heterocycles. The molecule has 3 nitrogen and oxygen atoms in total. The van der Waals surface area contributed by atoms with Crippen molar-refractivity contribution < 1.29 is 30.0 Å². The van der Waals surface area contributed by atoms with Crippen LogP contribution in [-0.2, 0) is 24.9 Å². The summed E-state index contributed by atoms with van der Waals surface area (Å²) in [5.41, 5.74) is 3.06. The molecule has 1 N–H and O–H groups in total. The van der Waals surface area contributed by atoms with Gasteiger partial charge in [0, 0.05) is 26.2 Å². The topological polar surface area (TPSA) is 50.2 Å². The Balaban J connectivity index is 0.000000306. The summed E-state index contributed by atoms with van der Waals surface area (Å²) in [7, 11) is 0. The zero-order valence-corrected chi connectivity index (χ0v) is 18.0. The van der Waals surface area contributed by atoms with Gasteiger partial charge in [-0.1, -0.05) is 60.0 Å². The summed E-state index contributed by atoms with van der Waals surface area (Å²) in [5.74, 6) is -0.0625. The molecule has 0 aliphatic heterocycles. The number of allylic oxidation sites excluding steroid dienone is 2. The monoisotopic (exact) mass is 547 g/mol. The van der Waals surface area contributed by atoms with Gasteiger partial charge >= 0.3 is 0 Å². The molecule has 0 saturated carbocycles. The molecular formula is C24H20IrNO2-. The second-order valence-corrected chi connectivity index (χ2v) is 6.23. The van der Waals surface area contributed by atoms with Gasteiger partial charge in [0.1, 0.15) is 0 Å². The van der Waals surface area contributed by atoms with Crippen LogP contribution in [0, 0.1) is 6.07 Å². The van der Waals surface area contributed by atoms with E-state index in [1.54, 1.807) is 0 Å². The largest absolute Gasteiger partial charge is 0.512 e. The van der Waals surface area contributed by atoms with E-state index < -0.39 is 0 Å². The van der Waals surface area contributed by atoms with E-state index in [2.05, 4.69) is 54.6 Å². The Bertz CT molecular complexity index is 1130. The van der Waals surface area contributed by atoms with Crippen LogP contribution in [0.25, 0.3) is 32.9 Å². The standard InChI is InChI=1S/C19H12N.C5H8O2.Ir/c1-3-9-16-14(6-1)8-5-10-17(16)19-13-12-15-7-2-4-11-18(15)20-19;1-4(6)3-5(2)7;/h1-9,11-13H;3,6H,1-2H3;/q-1;;/b;4-3-;. The van der Waals surface area contributed by atoms with Crippen LogP contribution in [0.3, 0.4) is 0 Å². The fourth-order valence-corrected chi connectivity index (χ4v) is 2.87. The first-order valence-electron chi connectivity index (χ1n) is 8.68. The predicted octanol–water partition coefficient (Wildman–Crippen LogP) is 5.89. The van der Waals surface area contributed by atoms with E-state index >= 15 is 0 Å². The number of para-hydroxylation sites is 1. The molecule has 0 saturated heterocycles. The summed E-state index contributed by atoms with van der Waals surface area (Å²) in [6.45, 7) is 2.85. The van der Waals surface area contributed by atoms with Crippen LogP contribution < -0.4 is 0 Å². The van der Waals surface area contributed by atoms with Crippen molar-refractivity contribution in [2.75, 3.05) is 0 Å². The van der Waals surface area contributed by atoms with E-state index in [4.69, 9.17) is 10.1 Å². The van der Waals surface area contributed by atoms with Crippen molar-refractivity contribution in [1.29, 1.82) is 0 Å². The minimum absolute atomic E-state index is 0. The summed E-state index contributed by atoms with van der Waals surface area (Å²) in [6.07, 6.45) is 1.17. The fourth-order valence-electron chi connectivity index (χ4n) is 2.87. The fraction of sp³-hybridized carbons (Fsp3) is 0.0833. The van der Waals surface area contributed by atoms with E-state index in [-0.39, 0.29) is 31.6 Å². The summed E-state index contributed by atoms with van der Waals surface area (Å²) in [6, 6.07) is 28.1. The quantitative estimate of drug-likeness (QED) is 0.194. The van der Waals surface area contributed by atoms with E-state index in [1.807, 2.05) is 24.3 Å². The molecule has 4 aromatic rings. The summed E-state index contributed by atoms with van der Waals surface area (Å²) < 4.78 is 0. The molecule has 0 spiro atoms. The normalized spacial score (nSPS) is 10.7. The number of benzene rings is 3. The zero-order valence-electron chi connectivity index (χ0n) is 15.6. The van der Waals surface area contributed by atoms with Gasteiger partial charge in [0.05, 0.1) is 11.3 Å². The van der Waals surface area contributed by atoms with Crippen LogP contribution in [0.1, 0.15) is 13.8 Å². The molecule has 0 atom stereocenters. The van der Waals surface area contributed by atoms with E-state index in [1.165, 1.54) is 30.7 Å². The van der Waals surface area contributed by atoms with Gasteiger partial charge in [0.15, 0.2) is 5.78 Å². The Labute approximate surface area is 178 Å². The van der Waals surface area contributed by atoms with Crippen LogP contribution in [0.5, 0.6) is 0 Å². The summed E-state index contributed by atoms with van der Waals surface area (Å²) >= 11 is 0. The van der Waals surface area contributed by atoms with Crippen LogP contribution in [0.15, 0.2) is 84.6 Å². The molecule has 143 valence electrons. The van der Waals surface area contributed by atoms with Gasteiger partial charge in [-0.3, -0.25) is 9.78 Å². The Hall–Kier alpha value is -2.81. The number of aliphatic hydroxyl groups excluding tert-OH is 1. The molecule has 1 radical (unpaired) electrons. The number of fused-ring (bicyclic) bond motifs is 2. The third-order valence-corrected chi connectivity index (χ3v) is 3.99. The zero-order chi connectivity index (χ0) is 19.2. The molecule has 0 amide bonds. The maximum atomic E-state index is 10.0. The number of carbonyl (C=O) groups is 1. The van der Waals surface area contributed by atoms with Gasteiger partial charge < -0.3 is 5.11 Å². The predicted molar refractivity (Wildman–Crippen MR) is 111 cm³/mol. The number of aromatic nitrogens is 1. The van der Waals surface area contributed by atoms with E-state index in [9.17, 15) is 4.79 Å². The molecule has 1 aromatic heterocycles. The van der Waals surface area contributed by atoms with Gasteiger partial charge in [-0.25, -0.2) is 0 Å². The maximum absolute atomic E-state index is 10.0. The number of carbonyl (C=O) groups excluding carboxylic acids is 1. The van der Waals surface area contributed by atoms with Crippen molar-refractivity contribution in [1.82, 2.24) is 4.98 Å². The Morgan fingerprint density at radius 3 is 2.29 bits per heavy atom. The van der Waals surface area contributed by atoms with Crippen LogP contribution in [0.4, 0.5) is 0 Å². The average molecular weight is 547 g/mol. The number of hydrogen-bond acceptors (Lipinski definition) is 3. The van der Waals surface area contributed by atoms with Crippen molar-refractivity contribution in [2.24, 2.45) is 0 Å². The first kappa shape index (κ1) is 21.5. The number of ketones is 1. The molecular weight excluding hydrogens is 526 g/mol. The summed E-state index contributed by atoms with van der Waals surface area (Å²) in [5, 5.41) is 11.9. The Morgan fingerprint density at radius 2 is 1.61 bits per heavy atom. The van der Waals surface area contributed by atoms with Crippen molar-refractivity contribution in [3.05, 3.63) is 90.7 Å². The molecule has 3 aromatic carbocycles. The van der Waals surface area contributed by atoms with Gasteiger partial charge in [0.25, 0.3) is 0 Å². The summed E-state index contributed by atoms with van der Waals surface area (Å²) in [4.78, 5) is 14.8. The first-order chi connectivity index (χ1) is 13.0. The van der Waals surface area contributed by atoms with Crippen molar-refractivity contribution in [2.45, 2.75) is 13.8 Å². The molecule has 4 rings (SSSR count). The maximum Gasteiger partial charge on any atom is 0.155 e. The minimum Gasteiger partial charge on any atom is -0.512 e. The number of hydrogen-bond donors (Lipinski definition) is 1. The third-order valence-electron chi connectivity index (χ3n) is 3.99. The molecule has 0 aliphatic carbocycles. The SMILES string of the molecule is CC(=O)/C=C(/C)O.[Ir].[c-]1ccc2ccccc2c1-c1ccc2ccccc2n1. The molecule has 4 heteroatoms. The van der Waals surface area contributed by atoms with Crippen molar-refractivity contribution in [3.63, 3.8) is 0 Å². The Kier molecular flexibility index (Phi) is 7.62. The van der Waals surface area contributed by atoms with Gasteiger partial charge in [-0.15, -0.1) is 29.1 Å². The second kappa shape index (κ2) is 9.93. The second-order valence-electron chi connectivity index (χ2n) is 6.23. The smallest absolute Gasteiger partial charge is 0.155 e. The van der Waals surface area contributed by atoms with Crippen molar-refractivity contribution in [3.8, 4) is 11.3 Å². The number of rotatable bonds is 2. The van der Waals surface area contributed by atoms with Crippen molar-refractivity contribution >= 4 is 27.5 Å². The van der Waals surface area contributed by atoms with E-state index in [0.29, 0.717) is 0 Å². The van der Waals surface area contributed by atoms with Crippen LogP contribution in [-0.4, -0.2) is 15.9 Å². The Morgan fingerprint density at radius 1 is 0.929 bits per heavy atom. The number of pyridine rings is 1. The van der Waals surface area contributed by atoms with E-state index in [0.717, 1.165) is 22.2 Å². The molecule has 28 heavy (non-hydrogen) atoms. The molecule has 0 bridgehead atoms. The minimum atomic E-state index is -0.125. The molecule has 0 fully saturated rings. The average Bonchev–Trinajstić information content (AvgIpc) is 2.66.